The molecule has 1 aliphatic rings. The van der Waals surface area contributed by atoms with Crippen molar-refractivity contribution in [2.75, 3.05) is 13.6 Å². The molecule has 0 amide bonds. The maximum Gasteiger partial charge on any atom is 0.0890 e. The number of aliphatic hydroxyl groups is 1. The van der Waals surface area contributed by atoms with Gasteiger partial charge in [0, 0.05) is 60.8 Å². The van der Waals surface area contributed by atoms with E-state index in [0.717, 1.165) is 24.3 Å². The van der Waals surface area contributed by atoms with Crippen LogP contribution in [0.15, 0.2) is 36.8 Å². The minimum atomic E-state index is -0.918. The lowest BCUT2D eigenvalue weighted by Gasteiger charge is -2.35. The standard InChI is InChI=1S/C21H26N4O/c1-14-8-17-18-13-24(3)12-15(20(18)25(4)19(17)11-23-14)9-21(2,26)16-6-5-7-22-10-16/h5-8,10-11,15,26H,9,12-13H2,1-4H3. The summed E-state index contributed by atoms with van der Waals surface area (Å²) in [6, 6.07) is 6.02. The maximum atomic E-state index is 11.2. The molecule has 0 bridgehead atoms. The third-order valence-electron chi connectivity index (χ3n) is 5.65. The van der Waals surface area contributed by atoms with Gasteiger partial charge in [-0.2, -0.15) is 0 Å². The molecule has 1 aliphatic heterocycles. The van der Waals surface area contributed by atoms with E-state index in [1.807, 2.05) is 32.2 Å². The van der Waals surface area contributed by atoms with Gasteiger partial charge in [-0.25, -0.2) is 0 Å². The SMILES string of the molecule is Cc1cc2c3c(n(C)c2cn1)C(CC(C)(O)c1cccnc1)CN(C)C3. The van der Waals surface area contributed by atoms with Gasteiger partial charge in [-0.05, 0) is 45.0 Å². The highest BCUT2D eigenvalue weighted by molar-refractivity contribution is 5.85. The first-order valence-corrected chi connectivity index (χ1v) is 9.12. The first kappa shape index (κ1) is 17.2. The Balaban J connectivity index is 1.79. The van der Waals surface area contributed by atoms with Crippen molar-refractivity contribution in [2.24, 2.45) is 7.05 Å². The van der Waals surface area contributed by atoms with Gasteiger partial charge in [0.1, 0.15) is 0 Å². The Morgan fingerprint density at radius 3 is 2.85 bits per heavy atom. The number of nitrogens with zero attached hydrogens (tertiary/aromatic N) is 4. The number of hydrogen-bond donors (Lipinski definition) is 1. The molecule has 136 valence electrons. The van der Waals surface area contributed by atoms with Gasteiger partial charge in [0.2, 0.25) is 0 Å². The molecule has 0 spiro atoms. The van der Waals surface area contributed by atoms with E-state index in [9.17, 15) is 5.11 Å². The molecule has 3 aromatic rings. The summed E-state index contributed by atoms with van der Waals surface area (Å²) in [6.45, 7) is 5.80. The summed E-state index contributed by atoms with van der Waals surface area (Å²) in [4.78, 5) is 11.0. The van der Waals surface area contributed by atoms with Crippen molar-refractivity contribution in [1.29, 1.82) is 0 Å². The van der Waals surface area contributed by atoms with Gasteiger partial charge in [-0.3, -0.25) is 9.97 Å². The largest absolute Gasteiger partial charge is 0.385 e. The van der Waals surface area contributed by atoms with Gasteiger partial charge in [0.15, 0.2) is 0 Å². The predicted molar refractivity (Wildman–Crippen MR) is 103 cm³/mol. The van der Waals surface area contributed by atoms with Gasteiger partial charge in [0.25, 0.3) is 0 Å². The van der Waals surface area contributed by atoms with Crippen molar-refractivity contribution in [3.05, 3.63) is 59.3 Å². The Morgan fingerprint density at radius 2 is 2.12 bits per heavy atom. The molecule has 5 nitrogen and oxygen atoms in total. The molecular formula is C21H26N4O. The number of rotatable bonds is 3. The summed E-state index contributed by atoms with van der Waals surface area (Å²) in [5.74, 6) is 0.247. The van der Waals surface area contributed by atoms with Crippen LogP contribution in [0, 0.1) is 6.92 Å². The lowest BCUT2D eigenvalue weighted by molar-refractivity contribution is 0.0332. The number of pyridine rings is 2. The highest BCUT2D eigenvalue weighted by atomic mass is 16.3. The molecule has 5 heteroatoms. The van der Waals surface area contributed by atoms with E-state index in [1.165, 1.54) is 22.2 Å². The first-order valence-electron chi connectivity index (χ1n) is 9.12. The average molecular weight is 350 g/mol. The van der Waals surface area contributed by atoms with E-state index in [2.05, 4.69) is 39.6 Å². The van der Waals surface area contributed by atoms with Crippen LogP contribution >= 0.6 is 0 Å². The lowest BCUT2D eigenvalue weighted by Crippen LogP contribution is -2.35. The second-order valence-electron chi connectivity index (χ2n) is 7.88. The van der Waals surface area contributed by atoms with Gasteiger partial charge in [0.05, 0.1) is 17.3 Å². The van der Waals surface area contributed by atoms with Crippen LogP contribution in [0.3, 0.4) is 0 Å². The van der Waals surface area contributed by atoms with Crippen LogP contribution < -0.4 is 0 Å². The molecule has 2 unspecified atom stereocenters. The van der Waals surface area contributed by atoms with Crippen LogP contribution in [0.4, 0.5) is 0 Å². The zero-order valence-corrected chi connectivity index (χ0v) is 15.9. The fraction of sp³-hybridized carbons (Fsp3) is 0.429. The molecular weight excluding hydrogens is 324 g/mol. The summed E-state index contributed by atoms with van der Waals surface area (Å²) >= 11 is 0. The van der Waals surface area contributed by atoms with Gasteiger partial charge in [-0.1, -0.05) is 6.07 Å². The van der Waals surface area contributed by atoms with Crippen LogP contribution in [-0.2, 0) is 19.2 Å². The molecule has 3 aromatic heterocycles. The minimum Gasteiger partial charge on any atom is -0.385 e. The van der Waals surface area contributed by atoms with Crippen LogP contribution in [0.5, 0.6) is 0 Å². The molecule has 1 N–H and O–H groups in total. The normalized spacial score (nSPS) is 20.1. The Morgan fingerprint density at radius 1 is 1.31 bits per heavy atom. The molecule has 26 heavy (non-hydrogen) atoms. The van der Waals surface area contributed by atoms with Crippen LogP contribution in [-0.4, -0.2) is 38.1 Å². The molecule has 0 fully saturated rings. The smallest absolute Gasteiger partial charge is 0.0890 e. The number of aromatic nitrogens is 3. The van der Waals surface area contributed by atoms with Crippen molar-refractivity contribution in [3.8, 4) is 0 Å². The molecule has 4 rings (SSSR count). The maximum absolute atomic E-state index is 11.2. The Labute approximate surface area is 154 Å². The van der Waals surface area contributed by atoms with Crippen LogP contribution in [0.2, 0.25) is 0 Å². The highest BCUT2D eigenvalue weighted by Crippen LogP contribution is 2.41. The quantitative estimate of drug-likeness (QED) is 0.789. The van der Waals surface area contributed by atoms with Crippen molar-refractivity contribution in [3.63, 3.8) is 0 Å². The second kappa shape index (κ2) is 6.18. The zero-order valence-electron chi connectivity index (χ0n) is 15.9. The summed E-state index contributed by atoms with van der Waals surface area (Å²) in [6.07, 6.45) is 6.14. The van der Waals surface area contributed by atoms with Gasteiger partial charge < -0.3 is 14.6 Å². The highest BCUT2D eigenvalue weighted by Gasteiger charge is 2.35. The third-order valence-corrected chi connectivity index (χ3v) is 5.65. The van der Waals surface area contributed by atoms with E-state index < -0.39 is 5.60 Å². The molecule has 0 radical (unpaired) electrons. The van der Waals surface area contributed by atoms with Gasteiger partial charge >= 0.3 is 0 Å². The molecule has 0 aliphatic carbocycles. The van der Waals surface area contributed by atoms with E-state index in [0.29, 0.717) is 6.42 Å². The fourth-order valence-electron chi connectivity index (χ4n) is 4.46. The summed E-state index contributed by atoms with van der Waals surface area (Å²) in [5.41, 5.74) is 4.85. The Kier molecular flexibility index (Phi) is 4.09. The molecule has 0 aromatic carbocycles. The third kappa shape index (κ3) is 2.81. The zero-order chi connectivity index (χ0) is 18.5. The molecule has 0 saturated carbocycles. The van der Waals surface area contributed by atoms with Crippen molar-refractivity contribution in [2.45, 2.75) is 38.3 Å². The Hall–Kier alpha value is -2.24. The van der Waals surface area contributed by atoms with E-state index in [-0.39, 0.29) is 5.92 Å². The Bertz CT molecular complexity index is 946. The molecule has 0 saturated heterocycles. The van der Waals surface area contributed by atoms with Crippen molar-refractivity contribution < 1.29 is 5.11 Å². The first-order chi connectivity index (χ1) is 12.4. The summed E-state index contributed by atoms with van der Waals surface area (Å²) in [7, 11) is 4.27. The second-order valence-corrected chi connectivity index (χ2v) is 7.88. The average Bonchev–Trinajstić information content (AvgIpc) is 2.87. The van der Waals surface area contributed by atoms with E-state index in [1.54, 1.807) is 12.4 Å². The topological polar surface area (TPSA) is 54.2 Å². The number of fused-ring (bicyclic) bond motifs is 3. The minimum absolute atomic E-state index is 0.247. The van der Waals surface area contributed by atoms with Crippen LogP contribution in [0.25, 0.3) is 10.9 Å². The summed E-state index contributed by atoms with van der Waals surface area (Å²) in [5, 5.41) is 12.5. The van der Waals surface area contributed by atoms with E-state index >= 15 is 0 Å². The van der Waals surface area contributed by atoms with Crippen LogP contribution in [0.1, 0.15) is 41.8 Å². The number of likely N-dealkylation sites (N-methyl/N-ethyl adjacent to an activating group) is 1. The van der Waals surface area contributed by atoms with Gasteiger partial charge in [-0.15, -0.1) is 0 Å². The predicted octanol–water partition coefficient (Wildman–Crippen LogP) is 3.10. The van der Waals surface area contributed by atoms with Crippen molar-refractivity contribution >= 4 is 10.9 Å². The lowest BCUT2D eigenvalue weighted by atomic mass is 9.82. The monoisotopic (exact) mass is 350 g/mol. The van der Waals surface area contributed by atoms with Crippen molar-refractivity contribution in [1.82, 2.24) is 19.4 Å². The fourth-order valence-corrected chi connectivity index (χ4v) is 4.46. The van der Waals surface area contributed by atoms with E-state index in [4.69, 9.17) is 0 Å². The summed E-state index contributed by atoms with van der Waals surface area (Å²) < 4.78 is 2.27. The number of aryl methyl sites for hydroxylation is 2. The number of hydrogen-bond acceptors (Lipinski definition) is 4. The molecule has 4 heterocycles. The molecule has 2 atom stereocenters.